The third-order valence-electron chi connectivity index (χ3n) is 3.12. The Morgan fingerprint density at radius 1 is 1.24 bits per heavy atom. The molecular formula is C15H15ClF3NO. The van der Waals surface area contributed by atoms with Crippen LogP contribution in [0.2, 0.25) is 5.02 Å². The van der Waals surface area contributed by atoms with Gasteiger partial charge in [-0.3, -0.25) is 0 Å². The quantitative estimate of drug-likeness (QED) is 0.829. The highest BCUT2D eigenvalue weighted by Crippen LogP contribution is 2.39. The zero-order chi connectivity index (χ0) is 15.6. The van der Waals surface area contributed by atoms with E-state index in [4.69, 9.17) is 16.0 Å². The molecule has 2 nitrogen and oxygen atoms in total. The van der Waals surface area contributed by atoms with Crippen molar-refractivity contribution in [3.8, 4) is 11.3 Å². The minimum atomic E-state index is -4.49. The van der Waals surface area contributed by atoms with E-state index in [-0.39, 0.29) is 22.4 Å². The molecule has 0 fully saturated rings. The van der Waals surface area contributed by atoms with Crippen molar-refractivity contribution in [2.45, 2.75) is 26.1 Å². The van der Waals surface area contributed by atoms with Crippen molar-refractivity contribution >= 4 is 11.6 Å². The fourth-order valence-electron chi connectivity index (χ4n) is 2.10. The Kier molecular flexibility index (Phi) is 4.64. The summed E-state index contributed by atoms with van der Waals surface area (Å²) in [5, 5.41) is 3.18. The number of hydrogen-bond donors (Lipinski definition) is 1. The van der Waals surface area contributed by atoms with Crippen LogP contribution in [0.15, 0.2) is 34.7 Å². The molecule has 2 rings (SSSR count). The standard InChI is InChI=1S/C15H15ClF3NO/c1-3-20-9(2)13-6-7-14(21-13)11-5-4-10(16)8-12(11)15(17,18)19/h4-9,20H,3H2,1-2H3. The van der Waals surface area contributed by atoms with Gasteiger partial charge < -0.3 is 9.73 Å². The molecule has 1 atom stereocenters. The van der Waals surface area contributed by atoms with E-state index in [0.717, 1.165) is 12.6 Å². The lowest BCUT2D eigenvalue weighted by Gasteiger charge is -2.12. The summed E-state index contributed by atoms with van der Waals surface area (Å²) in [6, 6.07) is 6.81. The zero-order valence-corrected chi connectivity index (χ0v) is 12.3. The Morgan fingerprint density at radius 3 is 2.57 bits per heavy atom. The summed E-state index contributed by atoms with van der Waals surface area (Å²) in [5.74, 6) is 0.772. The number of furan rings is 1. The van der Waals surface area contributed by atoms with Crippen LogP contribution in [0.3, 0.4) is 0 Å². The molecule has 1 heterocycles. The third-order valence-corrected chi connectivity index (χ3v) is 3.35. The molecule has 2 aromatic rings. The summed E-state index contributed by atoms with van der Waals surface area (Å²) >= 11 is 5.67. The summed E-state index contributed by atoms with van der Waals surface area (Å²) < 4.78 is 44.8. The molecule has 0 radical (unpaired) electrons. The van der Waals surface area contributed by atoms with Crippen LogP contribution in [-0.4, -0.2) is 6.54 Å². The first-order chi connectivity index (χ1) is 9.82. The minimum Gasteiger partial charge on any atom is -0.459 e. The van der Waals surface area contributed by atoms with E-state index in [9.17, 15) is 13.2 Å². The van der Waals surface area contributed by atoms with Crippen LogP contribution in [0.1, 0.15) is 31.2 Å². The number of halogens is 4. The van der Waals surface area contributed by atoms with Gasteiger partial charge in [-0.05, 0) is 43.8 Å². The van der Waals surface area contributed by atoms with Crippen molar-refractivity contribution in [2.24, 2.45) is 0 Å². The Balaban J connectivity index is 2.43. The highest BCUT2D eigenvalue weighted by atomic mass is 35.5. The van der Waals surface area contributed by atoms with Crippen LogP contribution >= 0.6 is 11.6 Å². The predicted octanol–water partition coefficient (Wildman–Crippen LogP) is 5.29. The third kappa shape index (κ3) is 3.60. The van der Waals surface area contributed by atoms with Gasteiger partial charge in [0.1, 0.15) is 11.5 Å². The molecule has 0 aliphatic heterocycles. The summed E-state index contributed by atoms with van der Waals surface area (Å²) in [6.07, 6.45) is -4.49. The first-order valence-electron chi connectivity index (χ1n) is 6.53. The van der Waals surface area contributed by atoms with Gasteiger partial charge in [-0.1, -0.05) is 18.5 Å². The lowest BCUT2D eigenvalue weighted by Crippen LogP contribution is -2.16. The van der Waals surface area contributed by atoms with Crippen LogP contribution < -0.4 is 5.32 Å². The Morgan fingerprint density at radius 2 is 1.95 bits per heavy atom. The first kappa shape index (κ1) is 15.9. The maximum absolute atomic E-state index is 13.1. The summed E-state index contributed by atoms with van der Waals surface area (Å²) in [5.41, 5.74) is -0.811. The molecule has 1 aromatic heterocycles. The first-order valence-corrected chi connectivity index (χ1v) is 6.91. The Labute approximate surface area is 125 Å². The van der Waals surface area contributed by atoms with E-state index in [2.05, 4.69) is 5.32 Å². The SMILES string of the molecule is CCNC(C)c1ccc(-c2ccc(Cl)cc2C(F)(F)F)o1. The van der Waals surface area contributed by atoms with Crippen LogP contribution in [-0.2, 0) is 6.18 Å². The van der Waals surface area contributed by atoms with E-state index >= 15 is 0 Å². The van der Waals surface area contributed by atoms with Gasteiger partial charge in [-0.25, -0.2) is 0 Å². The summed E-state index contributed by atoms with van der Waals surface area (Å²) in [7, 11) is 0. The van der Waals surface area contributed by atoms with Gasteiger partial charge in [0.05, 0.1) is 11.6 Å². The van der Waals surface area contributed by atoms with E-state index in [1.165, 1.54) is 12.1 Å². The van der Waals surface area contributed by atoms with Crippen molar-refractivity contribution in [1.29, 1.82) is 0 Å². The van der Waals surface area contributed by atoms with Gasteiger partial charge in [0.25, 0.3) is 0 Å². The summed E-state index contributed by atoms with van der Waals surface area (Å²) in [4.78, 5) is 0. The molecule has 0 saturated heterocycles. The average Bonchev–Trinajstić information content (AvgIpc) is 2.87. The number of benzene rings is 1. The monoisotopic (exact) mass is 317 g/mol. The van der Waals surface area contributed by atoms with E-state index in [0.29, 0.717) is 5.76 Å². The molecule has 0 amide bonds. The van der Waals surface area contributed by atoms with Crippen molar-refractivity contribution in [2.75, 3.05) is 6.54 Å². The van der Waals surface area contributed by atoms with E-state index < -0.39 is 11.7 Å². The van der Waals surface area contributed by atoms with Crippen molar-refractivity contribution in [3.05, 3.63) is 46.7 Å². The van der Waals surface area contributed by atoms with Crippen molar-refractivity contribution in [1.82, 2.24) is 5.32 Å². The maximum Gasteiger partial charge on any atom is 0.417 e. The second-order valence-electron chi connectivity index (χ2n) is 4.67. The van der Waals surface area contributed by atoms with Crippen LogP contribution in [0.4, 0.5) is 13.2 Å². The van der Waals surface area contributed by atoms with Gasteiger partial charge in [-0.15, -0.1) is 0 Å². The smallest absolute Gasteiger partial charge is 0.417 e. The second kappa shape index (κ2) is 6.12. The van der Waals surface area contributed by atoms with Crippen LogP contribution in [0.25, 0.3) is 11.3 Å². The van der Waals surface area contributed by atoms with Gasteiger partial charge in [-0.2, -0.15) is 13.2 Å². The number of rotatable bonds is 4. The van der Waals surface area contributed by atoms with Gasteiger partial charge in [0.15, 0.2) is 0 Å². The molecule has 0 saturated carbocycles. The molecule has 1 N–H and O–H groups in total. The molecule has 0 aliphatic rings. The molecule has 1 aromatic carbocycles. The number of alkyl halides is 3. The number of nitrogens with one attached hydrogen (secondary N) is 1. The highest BCUT2D eigenvalue weighted by Gasteiger charge is 2.34. The normalized spacial score (nSPS) is 13.4. The second-order valence-corrected chi connectivity index (χ2v) is 5.11. The molecule has 0 aliphatic carbocycles. The topological polar surface area (TPSA) is 25.2 Å². The molecule has 6 heteroatoms. The molecule has 114 valence electrons. The van der Waals surface area contributed by atoms with Crippen LogP contribution in [0, 0.1) is 0 Å². The zero-order valence-electron chi connectivity index (χ0n) is 11.6. The lowest BCUT2D eigenvalue weighted by molar-refractivity contribution is -0.137. The Bertz CT molecular complexity index is 622. The van der Waals surface area contributed by atoms with Crippen LogP contribution in [0.5, 0.6) is 0 Å². The maximum atomic E-state index is 13.1. The largest absolute Gasteiger partial charge is 0.459 e. The molecule has 0 bridgehead atoms. The van der Waals surface area contributed by atoms with Crippen molar-refractivity contribution in [3.63, 3.8) is 0 Å². The molecule has 21 heavy (non-hydrogen) atoms. The minimum absolute atomic E-state index is 0.0122. The van der Waals surface area contributed by atoms with Gasteiger partial charge >= 0.3 is 6.18 Å². The molecule has 0 spiro atoms. The highest BCUT2D eigenvalue weighted by molar-refractivity contribution is 6.30. The van der Waals surface area contributed by atoms with Gasteiger partial charge in [0, 0.05) is 10.6 Å². The lowest BCUT2D eigenvalue weighted by atomic mass is 10.1. The fraction of sp³-hybridized carbons (Fsp3) is 0.333. The predicted molar refractivity (Wildman–Crippen MR) is 76.2 cm³/mol. The number of hydrogen-bond acceptors (Lipinski definition) is 2. The summed E-state index contributed by atoms with van der Waals surface area (Å²) in [6.45, 7) is 4.58. The molecule has 1 unspecified atom stereocenters. The molecular weight excluding hydrogens is 303 g/mol. The Hall–Kier alpha value is -1.46. The average molecular weight is 318 g/mol. The fourth-order valence-corrected chi connectivity index (χ4v) is 2.28. The van der Waals surface area contributed by atoms with Gasteiger partial charge in [0.2, 0.25) is 0 Å². The van der Waals surface area contributed by atoms with Crippen molar-refractivity contribution < 1.29 is 17.6 Å². The van der Waals surface area contributed by atoms with E-state index in [1.807, 2.05) is 13.8 Å². The van der Waals surface area contributed by atoms with E-state index in [1.54, 1.807) is 12.1 Å².